The second-order valence-electron chi connectivity index (χ2n) is 5.56. The first kappa shape index (κ1) is 20.5. The number of carboxylic acid groups (broad SMARTS) is 1. The number of aliphatic hydroxyl groups is 1. The summed E-state index contributed by atoms with van der Waals surface area (Å²) in [6.07, 6.45) is 1.00. The van der Waals surface area contributed by atoms with Crippen LogP contribution in [0.1, 0.15) is 17.5 Å². The van der Waals surface area contributed by atoms with Crippen LogP contribution in [0, 0.1) is 0 Å². The number of halogens is 2. The molecule has 0 spiro atoms. The van der Waals surface area contributed by atoms with Gasteiger partial charge in [0.1, 0.15) is 0 Å². The van der Waals surface area contributed by atoms with Crippen LogP contribution in [0.5, 0.6) is 0 Å². The van der Waals surface area contributed by atoms with Crippen molar-refractivity contribution in [2.24, 2.45) is 0 Å². The van der Waals surface area contributed by atoms with Crippen LogP contribution in [0.25, 0.3) is 5.57 Å². The predicted molar refractivity (Wildman–Crippen MR) is 101 cm³/mol. The van der Waals surface area contributed by atoms with E-state index in [1.54, 1.807) is 12.1 Å². The van der Waals surface area contributed by atoms with Gasteiger partial charge in [0.05, 0.1) is 14.9 Å². The maximum absolute atomic E-state index is 11.7. The van der Waals surface area contributed by atoms with Gasteiger partial charge in [0.25, 0.3) is 0 Å². The minimum absolute atomic E-state index is 0.0157. The molecule has 0 bridgehead atoms. The first-order valence-electron chi connectivity index (χ1n) is 7.48. The minimum atomic E-state index is -3.38. The summed E-state index contributed by atoms with van der Waals surface area (Å²) in [6, 6.07) is 10.5. The van der Waals surface area contributed by atoms with Crippen LogP contribution in [-0.4, -0.2) is 37.5 Å². The number of aliphatic carboxylic acids is 1. The molecule has 2 aromatic carbocycles. The van der Waals surface area contributed by atoms with Gasteiger partial charge in [0.2, 0.25) is 0 Å². The van der Waals surface area contributed by atoms with Crippen molar-refractivity contribution in [1.82, 2.24) is 0 Å². The molecular weight excluding hydrogens is 399 g/mol. The highest BCUT2D eigenvalue weighted by molar-refractivity contribution is 7.90. The normalized spacial score (nSPS) is 12.6. The third-order valence-corrected chi connectivity index (χ3v) is 5.57. The molecule has 5 nitrogen and oxygen atoms in total. The van der Waals surface area contributed by atoms with Gasteiger partial charge in [-0.3, -0.25) is 0 Å². The van der Waals surface area contributed by atoms with Gasteiger partial charge < -0.3 is 10.2 Å². The molecule has 0 aliphatic rings. The Balaban J connectivity index is 2.73. The minimum Gasteiger partial charge on any atom is -0.478 e. The van der Waals surface area contributed by atoms with Gasteiger partial charge in [-0.15, -0.1) is 0 Å². The number of carbonyl (C=O) groups is 1. The number of aliphatic hydroxyl groups excluding tert-OH is 1. The van der Waals surface area contributed by atoms with E-state index in [-0.39, 0.29) is 28.5 Å². The predicted octanol–water partition coefficient (Wildman–Crippen LogP) is 3.67. The summed E-state index contributed by atoms with van der Waals surface area (Å²) in [5.41, 5.74) is 1.31. The quantitative estimate of drug-likeness (QED) is 0.703. The molecule has 0 heterocycles. The van der Waals surface area contributed by atoms with Crippen LogP contribution in [-0.2, 0) is 14.6 Å². The zero-order valence-electron chi connectivity index (χ0n) is 13.7. The lowest BCUT2D eigenvalue weighted by Crippen LogP contribution is -2.08. The zero-order chi connectivity index (χ0) is 19.5. The van der Waals surface area contributed by atoms with Crippen LogP contribution in [0.4, 0.5) is 0 Å². The van der Waals surface area contributed by atoms with Crippen molar-refractivity contribution in [3.63, 3.8) is 0 Å². The fourth-order valence-corrected chi connectivity index (χ4v) is 3.41. The highest BCUT2D eigenvalue weighted by atomic mass is 35.5. The van der Waals surface area contributed by atoms with Crippen molar-refractivity contribution in [1.29, 1.82) is 0 Å². The fraction of sp³-hybridized carbons (Fsp3) is 0.167. The average Bonchev–Trinajstić information content (AvgIpc) is 2.57. The Kier molecular flexibility index (Phi) is 6.47. The smallest absolute Gasteiger partial charge is 0.332 e. The molecule has 0 amide bonds. The second kappa shape index (κ2) is 8.22. The van der Waals surface area contributed by atoms with Crippen molar-refractivity contribution in [2.75, 3.05) is 12.9 Å². The van der Waals surface area contributed by atoms with Gasteiger partial charge >= 0.3 is 5.97 Å². The van der Waals surface area contributed by atoms with E-state index in [0.717, 1.165) is 6.26 Å². The standard InChI is InChI=1S/C18H16Cl2O5S/c1-26(24,25)13-5-2-11(3-6-13)17(14(8-9-21)18(22)23)12-4-7-15(19)16(20)10-12/h2-7,10,21H,8-9H2,1H3,(H,22,23)/b17-14+. The number of carboxylic acids is 1. The van der Waals surface area contributed by atoms with E-state index in [1.807, 2.05) is 0 Å². The van der Waals surface area contributed by atoms with E-state index in [1.165, 1.54) is 30.3 Å². The topological polar surface area (TPSA) is 91.7 Å². The number of rotatable bonds is 6. The molecule has 2 aromatic rings. The molecule has 0 unspecified atom stereocenters. The third kappa shape index (κ3) is 4.65. The number of sulfone groups is 1. The van der Waals surface area contributed by atoms with Crippen molar-refractivity contribution in [2.45, 2.75) is 11.3 Å². The van der Waals surface area contributed by atoms with E-state index >= 15 is 0 Å². The monoisotopic (exact) mass is 414 g/mol. The van der Waals surface area contributed by atoms with Crippen molar-refractivity contribution in [3.05, 3.63) is 69.2 Å². The summed E-state index contributed by atoms with van der Waals surface area (Å²) in [4.78, 5) is 11.9. The SMILES string of the molecule is CS(=O)(=O)c1ccc(/C(=C(/CCO)C(=O)O)c2ccc(Cl)c(Cl)c2)cc1. The Morgan fingerprint density at radius 3 is 2.04 bits per heavy atom. The third-order valence-electron chi connectivity index (χ3n) is 3.70. The molecule has 2 N–H and O–H groups in total. The maximum Gasteiger partial charge on any atom is 0.332 e. The lowest BCUT2D eigenvalue weighted by atomic mass is 9.91. The molecule has 0 atom stereocenters. The Hall–Kier alpha value is -1.86. The molecule has 0 radical (unpaired) electrons. The van der Waals surface area contributed by atoms with Crippen LogP contribution < -0.4 is 0 Å². The lowest BCUT2D eigenvalue weighted by Gasteiger charge is -2.14. The van der Waals surface area contributed by atoms with Crippen molar-refractivity contribution >= 4 is 44.6 Å². The van der Waals surface area contributed by atoms with Crippen LogP contribution >= 0.6 is 23.2 Å². The van der Waals surface area contributed by atoms with E-state index in [9.17, 15) is 23.4 Å². The van der Waals surface area contributed by atoms with Crippen LogP contribution in [0.15, 0.2) is 52.9 Å². The van der Waals surface area contributed by atoms with E-state index in [2.05, 4.69) is 0 Å². The van der Waals surface area contributed by atoms with Gasteiger partial charge in [0, 0.05) is 24.9 Å². The molecule has 0 aliphatic carbocycles. The molecule has 0 fully saturated rings. The summed E-state index contributed by atoms with van der Waals surface area (Å²) in [5.74, 6) is -1.19. The molecule has 0 aliphatic heterocycles. The van der Waals surface area contributed by atoms with Crippen molar-refractivity contribution < 1.29 is 23.4 Å². The highest BCUT2D eigenvalue weighted by Crippen LogP contribution is 2.33. The molecule has 26 heavy (non-hydrogen) atoms. The van der Waals surface area contributed by atoms with E-state index < -0.39 is 15.8 Å². The fourth-order valence-electron chi connectivity index (χ4n) is 2.49. The average molecular weight is 415 g/mol. The molecule has 2 rings (SSSR count). The Labute approximate surface area is 161 Å². The Bertz CT molecular complexity index is 964. The molecule has 138 valence electrons. The molecule has 0 aromatic heterocycles. The number of hydrogen-bond acceptors (Lipinski definition) is 4. The summed E-state index contributed by atoms with van der Waals surface area (Å²) in [6.45, 7) is -0.353. The first-order valence-corrected chi connectivity index (χ1v) is 10.1. The molecule has 0 saturated heterocycles. The van der Waals surface area contributed by atoms with Crippen LogP contribution in [0.3, 0.4) is 0 Å². The maximum atomic E-state index is 11.7. The van der Waals surface area contributed by atoms with Crippen LogP contribution in [0.2, 0.25) is 10.0 Å². The van der Waals surface area contributed by atoms with Gasteiger partial charge in [-0.25, -0.2) is 13.2 Å². The van der Waals surface area contributed by atoms with E-state index in [4.69, 9.17) is 23.2 Å². The second-order valence-corrected chi connectivity index (χ2v) is 8.39. The van der Waals surface area contributed by atoms with Gasteiger partial charge in [-0.2, -0.15) is 0 Å². The van der Waals surface area contributed by atoms with Gasteiger partial charge in [0.15, 0.2) is 9.84 Å². The number of hydrogen-bond donors (Lipinski definition) is 2. The van der Waals surface area contributed by atoms with Gasteiger partial charge in [-0.05, 0) is 41.0 Å². The van der Waals surface area contributed by atoms with E-state index in [0.29, 0.717) is 21.7 Å². The summed E-state index contributed by atoms with van der Waals surface area (Å²) in [7, 11) is -3.38. The summed E-state index contributed by atoms with van der Waals surface area (Å²) < 4.78 is 23.3. The largest absolute Gasteiger partial charge is 0.478 e. The summed E-state index contributed by atoms with van der Waals surface area (Å²) in [5, 5.41) is 19.4. The molecule has 8 heteroatoms. The van der Waals surface area contributed by atoms with Gasteiger partial charge in [-0.1, -0.05) is 41.4 Å². The Morgan fingerprint density at radius 1 is 1.00 bits per heavy atom. The summed E-state index contributed by atoms with van der Waals surface area (Å²) >= 11 is 12.0. The highest BCUT2D eigenvalue weighted by Gasteiger charge is 2.19. The lowest BCUT2D eigenvalue weighted by molar-refractivity contribution is -0.132. The Morgan fingerprint density at radius 2 is 1.58 bits per heavy atom. The zero-order valence-corrected chi connectivity index (χ0v) is 16.1. The molecule has 0 saturated carbocycles. The van der Waals surface area contributed by atoms with Crippen molar-refractivity contribution in [3.8, 4) is 0 Å². The number of benzene rings is 2. The first-order chi connectivity index (χ1) is 12.1. The molecular formula is C18H16Cl2O5S.